The molecule has 1 atom stereocenters. The minimum atomic E-state index is -0.881. The molecule has 5 heteroatoms. The SMILES string of the molecule is CCN(CC1Cc2cc(Br)ccc2O1)C(C)(C)C(=O)O. The van der Waals surface area contributed by atoms with Gasteiger partial charge in [0, 0.05) is 17.4 Å². The fourth-order valence-electron chi connectivity index (χ4n) is 2.52. The number of benzene rings is 1. The number of hydrogen-bond acceptors (Lipinski definition) is 3. The van der Waals surface area contributed by atoms with E-state index in [0.717, 1.165) is 16.6 Å². The maximum atomic E-state index is 11.4. The van der Waals surface area contributed by atoms with Crippen molar-refractivity contribution in [3.05, 3.63) is 28.2 Å². The summed E-state index contributed by atoms with van der Waals surface area (Å²) in [7, 11) is 0. The van der Waals surface area contributed by atoms with Crippen LogP contribution in [0.3, 0.4) is 0 Å². The van der Waals surface area contributed by atoms with Crippen molar-refractivity contribution in [1.82, 2.24) is 4.90 Å². The van der Waals surface area contributed by atoms with E-state index in [2.05, 4.69) is 22.0 Å². The highest BCUT2D eigenvalue weighted by molar-refractivity contribution is 9.10. The molecule has 4 nitrogen and oxygen atoms in total. The van der Waals surface area contributed by atoms with E-state index in [1.165, 1.54) is 5.56 Å². The quantitative estimate of drug-likeness (QED) is 0.894. The van der Waals surface area contributed by atoms with E-state index in [1.807, 2.05) is 24.0 Å². The molecule has 0 aromatic heterocycles. The number of likely N-dealkylation sites (N-methyl/N-ethyl adjacent to an activating group) is 1. The molecule has 0 saturated carbocycles. The van der Waals surface area contributed by atoms with Crippen LogP contribution in [0.4, 0.5) is 0 Å². The lowest BCUT2D eigenvalue weighted by molar-refractivity contribution is -0.149. The maximum absolute atomic E-state index is 11.4. The van der Waals surface area contributed by atoms with Gasteiger partial charge in [-0.25, -0.2) is 0 Å². The van der Waals surface area contributed by atoms with Gasteiger partial charge in [0.25, 0.3) is 0 Å². The van der Waals surface area contributed by atoms with Gasteiger partial charge in [-0.05, 0) is 44.2 Å². The van der Waals surface area contributed by atoms with Gasteiger partial charge in [-0.15, -0.1) is 0 Å². The molecule has 0 amide bonds. The molecule has 1 unspecified atom stereocenters. The third-order valence-electron chi connectivity index (χ3n) is 3.88. The molecule has 2 rings (SSSR count). The number of aliphatic carboxylic acids is 1. The fraction of sp³-hybridized carbons (Fsp3) is 0.533. The Morgan fingerprint density at radius 2 is 2.25 bits per heavy atom. The topological polar surface area (TPSA) is 49.8 Å². The average Bonchev–Trinajstić information content (AvgIpc) is 2.76. The highest BCUT2D eigenvalue weighted by Crippen LogP contribution is 2.32. The highest BCUT2D eigenvalue weighted by atomic mass is 79.9. The summed E-state index contributed by atoms with van der Waals surface area (Å²) in [6, 6.07) is 5.98. The number of nitrogens with zero attached hydrogens (tertiary/aromatic N) is 1. The number of carboxylic acid groups (broad SMARTS) is 1. The van der Waals surface area contributed by atoms with E-state index in [0.29, 0.717) is 13.1 Å². The summed E-state index contributed by atoms with van der Waals surface area (Å²) in [6.07, 6.45) is 0.832. The molecule has 1 aliphatic heterocycles. The molecule has 0 radical (unpaired) electrons. The smallest absolute Gasteiger partial charge is 0.323 e. The van der Waals surface area contributed by atoms with Gasteiger partial charge in [0.15, 0.2) is 0 Å². The summed E-state index contributed by atoms with van der Waals surface area (Å²) < 4.78 is 6.95. The Morgan fingerprint density at radius 1 is 1.55 bits per heavy atom. The molecule has 1 aromatic rings. The van der Waals surface area contributed by atoms with Crippen LogP contribution in [-0.2, 0) is 11.2 Å². The van der Waals surface area contributed by atoms with Crippen molar-refractivity contribution in [3.63, 3.8) is 0 Å². The first-order valence-corrected chi connectivity index (χ1v) is 7.57. The van der Waals surface area contributed by atoms with Gasteiger partial charge in [-0.3, -0.25) is 9.69 Å². The van der Waals surface area contributed by atoms with Crippen molar-refractivity contribution in [3.8, 4) is 5.75 Å². The first-order chi connectivity index (χ1) is 9.34. The molecule has 1 aliphatic rings. The van der Waals surface area contributed by atoms with Crippen LogP contribution in [0.1, 0.15) is 26.3 Å². The maximum Gasteiger partial charge on any atom is 0.323 e. The zero-order valence-corrected chi connectivity index (χ0v) is 13.6. The Morgan fingerprint density at radius 3 is 2.85 bits per heavy atom. The van der Waals surface area contributed by atoms with Crippen LogP contribution in [0, 0.1) is 0 Å². The molecule has 1 aromatic carbocycles. The Balaban J connectivity index is 2.07. The molecule has 1 N–H and O–H groups in total. The molecule has 110 valence electrons. The van der Waals surface area contributed by atoms with Gasteiger partial charge < -0.3 is 9.84 Å². The molecule has 0 fully saturated rings. The van der Waals surface area contributed by atoms with Crippen molar-refractivity contribution >= 4 is 21.9 Å². The summed E-state index contributed by atoms with van der Waals surface area (Å²) in [6.45, 7) is 6.74. The molecule has 0 saturated heterocycles. The average molecular weight is 342 g/mol. The number of halogens is 1. The summed E-state index contributed by atoms with van der Waals surface area (Å²) in [4.78, 5) is 13.3. The predicted octanol–water partition coefficient (Wildman–Crippen LogP) is 2.94. The molecule has 0 aliphatic carbocycles. The Hall–Kier alpha value is -1.07. The van der Waals surface area contributed by atoms with Crippen LogP contribution < -0.4 is 4.74 Å². The number of fused-ring (bicyclic) bond motifs is 1. The second kappa shape index (κ2) is 5.74. The Bertz CT molecular complexity index is 516. The van der Waals surface area contributed by atoms with Crippen LogP contribution in [-0.4, -0.2) is 40.7 Å². The Kier molecular flexibility index (Phi) is 4.39. The lowest BCUT2D eigenvalue weighted by Gasteiger charge is -2.35. The largest absolute Gasteiger partial charge is 0.488 e. The molecular weight excluding hydrogens is 322 g/mol. The van der Waals surface area contributed by atoms with Crippen molar-refractivity contribution in [2.75, 3.05) is 13.1 Å². The van der Waals surface area contributed by atoms with Crippen LogP contribution in [0.2, 0.25) is 0 Å². The third-order valence-corrected chi connectivity index (χ3v) is 4.38. The molecule has 0 spiro atoms. The van der Waals surface area contributed by atoms with Gasteiger partial charge in [-0.2, -0.15) is 0 Å². The summed E-state index contributed by atoms with van der Waals surface area (Å²) in [5.41, 5.74) is 0.293. The van der Waals surface area contributed by atoms with Crippen LogP contribution >= 0.6 is 15.9 Å². The lowest BCUT2D eigenvalue weighted by Crippen LogP contribution is -2.53. The van der Waals surface area contributed by atoms with E-state index >= 15 is 0 Å². The number of carboxylic acids is 1. The normalized spacial score (nSPS) is 17.9. The highest BCUT2D eigenvalue weighted by Gasteiger charge is 2.36. The van der Waals surface area contributed by atoms with Gasteiger partial charge in [0.05, 0.1) is 0 Å². The van der Waals surface area contributed by atoms with E-state index in [9.17, 15) is 9.90 Å². The summed E-state index contributed by atoms with van der Waals surface area (Å²) >= 11 is 3.46. The third kappa shape index (κ3) is 2.99. The summed E-state index contributed by atoms with van der Waals surface area (Å²) in [5, 5.41) is 9.34. The number of ether oxygens (including phenoxy) is 1. The first-order valence-electron chi connectivity index (χ1n) is 6.78. The van der Waals surface area contributed by atoms with Crippen molar-refractivity contribution in [2.24, 2.45) is 0 Å². The second-order valence-electron chi connectivity index (χ2n) is 5.60. The van der Waals surface area contributed by atoms with E-state index < -0.39 is 11.5 Å². The monoisotopic (exact) mass is 341 g/mol. The Labute approximate surface area is 127 Å². The van der Waals surface area contributed by atoms with E-state index in [4.69, 9.17) is 4.74 Å². The van der Waals surface area contributed by atoms with Crippen LogP contribution in [0.15, 0.2) is 22.7 Å². The van der Waals surface area contributed by atoms with Crippen molar-refractivity contribution in [1.29, 1.82) is 0 Å². The van der Waals surface area contributed by atoms with Crippen molar-refractivity contribution in [2.45, 2.75) is 38.8 Å². The molecule has 20 heavy (non-hydrogen) atoms. The predicted molar refractivity (Wildman–Crippen MR) is 81.2 cm³/mol. The first kappa shape index (κ1) is 15.3. The van der Waals surface area contributed by atoms with Crippen LogP contribution in [0.25, 0.3) is 0 Å². The van der Waals surface area contributed by atoms with E-state index in [1.54, 1.807) is 13.8 Å². The zero-order chi connectivity index (χ0) is 14.9. The number of rotatable bonds is 5. The minimum Gasteiger partial charge on any atom is -0.488 e. The second-order valence-corrected chi connectivity index (χ2v) is 6.51. The van der Waals surface area contributed by atoms with Gasteiger partial charge in [0.2, 0.25) is 0 Å². The zero-order valence-electron chi connectivity index (χ0n) is 12.0. The van der Waals surface area contributed by atoms with Gasteiger partial charge in [-0.1, -0.05) is 22.9 Å². The summed E-state index contributed by atoms with van der Waals surface area (Å²) in [5.74, 6) is 0.0972. The van der Waals surface area contributed by atoms with E-state index in [-0.39, 0.29) is 6.10 Å². The molecular formula is C15H20BrNO3. The lowest BCUT2D eigenvalue weighted by atomic mass is 10.0. The molecule has 0 bridgehead atoms. The standard InChI is InChI=1S/C15H20BrNO3/c1-4-17(15(2,3)14(18)19)9-12-8-10-7-11(16)5-6-13(10)20-12/h5-7,12H,4,8-9H2,1-3H3,(H,18,19). The van der Waals surface area contributed by atoms with Crippen molar-refractivity contribution < 1.29 is 14.6 Å². The minimum absolute atomic E-state index is 0.0119. The number of carbonyl (C=O) groups is 1. The molecule has 1 heterocycles. The van der Waals surface area contributed by atoms with Crippen LogP contribution in [0.5, 0.6) is 5.75 Å². The van der Waals surface area contributed by atoms with Gasteiger partial charge >= 0.3 is 5.97 Å². The van der Waals surface area contributed by atoms with Gasteiger partial charge in [0.1, 0.15) is 17.4 Å². The number of hydrogen-bond donors (Lipinski definition) is 1. The fourth-order valence-corrected chi connectivity index (χ4v) is 2.93.